The van der Waals surface area contributed by atoms with E-state index in [1.165, 1.54) is 7.11 Å². The van der Waals surface area contributed by atoms with Crippen LogP contribution in [0.1, 0.15) is 52.9 Å². The Kier molecular flexibility index (Phi) is 12.5. The molecule has 1 saturated heterocycles. The number of carbonyl (C=O) groups is 1. The third-order valence-electron chi connectivity index (χ3n) is 5.71. The van der Waals surface area contributed by atoms with Crippen LogP contribution in [0.2, 0.25) is 0 Å². The highest BCUT2D eigenvalue weighted by molar-refractivity contribution is 5.79. The van der Waals surface area contributed by atoms with Crippen molar-refractivity contribution in [2.45, 2.75) is 71.4 Å². The second kappa shape index (κ2) is 14.2. The smallest absolute Gasteiger partial charge is 0.170 e. The van der Waals surface area contributed by atoms with Crippen molar-refractivity contribution in [2.75, 3.05) is 20.8 Å². The van der Waals surface area contributed by atoms with Gasteiger partial charge in [0, 0.05) is 25.9 Å². The Morgan fingerprint density at radius 2 is 2.00 bits per heavy atom. The van der Waals surface area contributed by atoms with E-state index in [2.05, 4.69) is 20.1 Å². The zero-order chi connectivity index (χ0) is 23.4. The van der Waals surface area contributed by atoms with Crippen molar-refractivity contribution in [3.8, 4) is 0 Å². The maximum absolute atomic E-state index is 12.0. The van der Waals surface area contributed by atoms with E-state index in [0.29, 0.717) is 24.4 Å². The Morgan fingerprint density at radius 1 is 1.29 bits per heavy atom. The third-order valence-corrected chi connectivity index (χ3v) is 5.71. The summed E-state index contributed by atoms with van der Waals surface area (Å²) < 4.78 is 22.5. The van der Waals surface area contributed by atoms with E-state index in [4.69, 9.17) is 18.9 Å². The second-order valence-corrected chi connectivity index (χ2v) is 8.02. The minimum absolute atomic E-state index is 0.0101. The summed E-state index contributed by atoms with van der Waals surface area (Å²) in [4.78, 5) is 12.0. The summed E-state index contributed by atoms with van der Waals surface area (Å²) in [6, 6.07) is 0. The molecule has 6 heteroatoms. The lowest BCUT2D eigenvalue weighted by Crippen LogP contribution is -2.40. The van der Waals surface area contributed by atoms with Crippen LogP contribution in [-0.4, -0.2) is 50.2 Å². The molecule has 1 N–H and O–H groups in total. The molecule has 31 heavy (non-hydrogen) atoms. The van der Waals surface area contributed by atoms with Gasteiger partial charge in [0.25, 0.3) is 0 Å². The first-order chi connectivity index (χ1) is 14.8. The number of hydrogen-bond acceptors (Lipinski definition) is 6. The van der Waals surface area contributed by atoms with Crippen LogP contribution in [-0.2, 0) is 23.7 Å². The minimum Gasteiger partial charge on any atom is -0.493 e. The molecule has 1 heterocycles. The van der Waals surface area contributed by atoms with Gasteiger partial charge in [0.2, 0.25) is 0 Å². The van der Waals surface area contributed by atoms with Gasteiger partial charge in [-0.15, -0.1) is 0 Å². The zero-order valence-electron chi connectivity index (χ0n) is 19.8. The molecular weight excluding hydrogens is 396 g/mol. The zero-order valence-corrected chi connectivity index (χ0v) is 19.8. The molecule has 0 aromatic heterocycles. The molecule has 1 aliphatic heterocycles. The van der Waals surface area contributed by atoms with Crippen molar-refractivity contribution in [1.82, 2.24) is 0 Å². The first-order valence-electron chi connectivity index (χ1n) is 11.1. The van der Waals surface area contributed by atoms with Crippen molar-refractivity contribution < 1.29 is 28.8 Å². The van der Waals surface area contributed by atoms with Gasteiger partial charge in [0.1, 0.15) is 12.4 Å². The first kappa shape index (κ1) is 27.1. The van der Waals surface area contributed by atoms with Crippen LogP contribution in [0.25, 0.3) is 0 Å². The highest BCUT2D eigenvalue weighted by atomic mass is 16.6. The summed E-state index contributed by atoms with van der Waals surface area (Å²) in [5.74, 6) is 1.02. The van der Waals surface area contributed by atoms with Gasteiger partial charge in [-0.05, 0) is 37.3 Å². The Morgan fingerprint density at radius 3 is 2.52 bits per heavy atom. The van der Waals surface area contributed by atoms with E-state index in [1.807, 2.05) is 19.9 Å². The van der Waals surface area contributed by atoms with Gasteiger partial charge in [-0.25, -0.2) is 0 Å². The number of allylic oxidation sites excluding steroid dienone is 1. The molecule has 1 rings (SSSR count). The summed E-state index contributed by atoms with van der Waals surface area (Å²) in [5, 5.41) is 10.7. The van der Waals surface area contributed by atoms with Crippen molar-refractivity contribution in [3.05, 3.63) is 48.5 Å². The van der Waals surface area contributed by atoms with E-state index in [0.717, 1.165) is 24.8 Å². The SMILES string of the molecule is C=C/C(OC)=C(\C[C@H]1CC(C)[C@@H](/C=C(\C=C)[C@H](C)OC)[C@@H](O)O1)OCC(=O)CCCC. The van der Waals surface area contributed by atoms with Crippen LogP contribution in [0.5, 0.6) is 0 Å². The van der Waals surface area contributed by atoms with E-state index >= 15 is 0 Å². The van der Waals surface area contributed by atoms with Gasteiger partial charge in [-0.2, -0.15) is 0 Å². The van der Waals surface area contributed by atoms with Gasteiger partial charge in [0.15, 0.2) is 17.8 Å². The third kappa shape index (κ3) is 8.63. The highest BCUT2D eigenvalue weighted by Crippen LogP contribution is 2.35. The van der Waals surface area contributed by atoms with Crippen molar-refractivity contribution in [1.29, 1.82) is 0 Å². The predicted molar refractivity (Wildman–Crippen MR) is 122 cm³/mol. The number of Topliss-reactive ketones (excluding diaryl/α,β-unsaturated/α-hetero) is 1. The monoisotopic (exact) mass is 436 g/mol. The van der Waals surface area contributed by atoms with Gasteiger partial charge in [-0.1, -0.05) is 45.6 Å². The van der Waals surface area contributed by atoms with Gasteiger partial charge < -0.3 is 24.1 Å². The molecular formula is C25H40O6. The fourth-order valence-electron chi connectivity index (χ4n) is 3.66. The second-order valence-electron chi connectivity index (χ2n) is 8.02. The maximum atomic E-state index is 12.0. The molecule has 0 radical (unpaired) electrons. The molecule has 1 fully saturated rings. The molecule has 0 aromatic rings. The summed E-state index contributed by atoms with van der Waals surface area (Å²) in [6.45, 7) is 13.7. The molecule has 1 aliphatic rings. The molecule has 176 valence electrons. The molecule has 0 amide bonds. The maximum Gasteiger partial charge on any atom is 0.170 e. The van der Waals surface area contributed by atoms with Crippen LogP contribution in [0, 0.1) is 11.8 Å². The largest absolute Gasteiger partial charge is 0.493 e. The molecule has 0 spiro atoms. The van der Waals surface area contributed by atoms with E-state index in [1.54, 1.807) is 19.3 Å². The number of aliphatic hydroxyl groups is 1. The fourth-order valence-corrected chi connectivity index (χ4v) is 3.66. The van der Waals surface area contributed by atoms with Gasteiger partial charge >= 0.3 is 0 Å². The normalized spacial score (nSPS) is 25.9. The Bertz CT molecular complexity index is 638. The summed E-state index contributed by atoms with van der Waals surface area (Å²) in [7, 11) is 3.18. The number of ketones is 1. The fraction of sp³-hybridized carbons (Fsp3) is 0.640. The first-order valence-corrected chi connectivity index (χ1v) is 11.1. The average Bonchev–Trinajstić information content (AvgIpc) is 2.75. The number of carbonyl (C=O) groups excluding carboxylic acids is 1. The molecule has 0 saturated carbocycles. The van der Waals surface area contributed by atoms with Crippen molar-refractivity contribution >= 4 is 5.78 Å². The number of rotatable bonds is 14. The number of aliphatic hydroxyl groups excluding tert-OH is 1. The van der Waals surface area contributed by atoms with Gasteiger partial charge in [0.05, 0.1) is 19.3 Å². The number of ether oxygens (including phenoxy) is 4. The molecule has 1 unspecified atom stereocenters. The van der Waals surface area contributed by atoms with Crippen LogP contribution < -0.4 is 0 Å². The number of methoxy groups -OCH3 is 2. The molecule has 0 aromatic carbocycles. The standard InChI is InChI=1S/C25H40O6/c1-8-11-12-20(26)16-30-24(23(10-3)29-7)15-21-13-17(4)22(25(27)31-21)14-19(9-2)18(5)28-6/h9-10,14,17-18,21-22,25,27H,2-3,8,11-13,15-16H2,1,4-7H3/b19-14+,24-23-/t17?,18-,21+,22+,25-/m0/s1. The molecule has 0 aliphatic carbocycles. The lowest BCUT2D eigenvalue weighted by atomic mass is 9.83. The average molecular weight is 437 g/mol. The van der Waals surface area contributed by atoms with E-state index in [9.17, 15) is 9.90 Å². The van der Waals surface area contributed by atoms with Crippen molar-refractivity contribution in [3.63, 3.8) is 0 Å². The summed E-state index contributed by atoms with van der Waals surface area (Å²) >= 11 is 0. The van der Waals surface area contributed by atoms with Crippen molar-refractivity contribution in [2.24, 2.45) is 11.8 Å². The topological polar surface area (TPSA) is 74.2 Å². The molecule has 0 bridgehead atoms. The summed E-state index contributed by atoms with van der Waals surface area (Å²) in [6.07, 6.45) is 7.35. The van der Waals surface area contributed by atoms with Gasteiger partial charge in [-0.3, -0.25) is 4.79 Å². The minimum atomic E-state index is -0.963. The van der Waals surface area contributed by atoms with Crippen LogP contribution in [0.15, 0.2) is 48.5 Å². The molecule has 6 nitrogen and oxygen atoms in total. The van der Waals surface area contributed by atoms with Crippen LogP contribution in [0.4, 0.5) is 0 Å². The van der Waals surface area contributed by atoms with E-state index in [-0.39, 0.29) is 36.4 Å². The van der Waals surface area contributed by atoms with Crippen LogP contribution in [0.3, 0.4) is 0 Å². The Labute approximate surface area is 187 Å². The predicted octanol–water partition coefficient (Wildman–Crippen LogP) is 4.70. The lowest BCUT2D eigenvalue weighted by molar-refractivity contribution is -0.199. The summed E-state index contributed by atoms with van der Waals surface area (Å²) in [5.41, 5.74) is 0.920. The Hall–Kier alpha value is -1.89. The highest BCUT2D eigenvalue weighted by Gasteiger charge is 2.35. The number of unbranched alkanes of at least 4 members (excludes halogenated alkanes) is 1. The van der Waals surface area contributed by atoms with Crippen LogP contribution >= 0.6 is 0 Å². The number of hydrogen-bond donors (Lipinski definition) is 1. The molecule has 5 atom stereocenters. The Balaban J connectivity index is 2.88. The van der Waals surface area contributed by atoms with E-state index < -0.39 is 6.29 Å². The quantitative estimate of drug-likeness (QED) is 0.314. The lowest BCUT2D eigenvalue weighted by Gasteiger charge is -2.37.